The first-order valence-corrected chi connectivity index (χ1v) is 9.25. The molecule has 27 heavy (non-hydrogen) atoms. The third-order valence-electron chi connectivity index (χ3n) is 4.62. The number of benzene rings is 2. The van der Waals surface area contributed by atoms with Crippen LogP contribution in [0.25, 0.3) is 0 Å². The average molecular weight is 443 g/mol. The molecule has 3 nitrogen and oxygen atoms in total. The van der Waals surface area contributed by atoms with E-state index in [2.05, 4.69) is 15.9 Å². The van der Waals surface area contributed by atoms with E-state index in [4.69, 9.17) is 4.74 Å². The predicted octanol–water partition coefficient (Wildman–Crippen LogP) is 5.41. The van der Waals surface area contributed by atoms with E-state index >= 15 is 0 Å². The molecule has 144 valence electrons. The Morgan fingerprint density at radius 1 is 1.26 bits per heavy atom. The van der Waals surface area contributed by atoms with Crippen LogP contribution in [-0.2, 0) is 17.3 Å². The van der Waals surface area contributed by atoms with E-state index in [1.807, 2.05) is 6.07 Å². The highest BCUT2D eigenvalue weighted by Crippen LogP contribution is 2.41. The van der Waals surface area contributed by atoms with Gasteiger partial charge in [0.1, 0.15) is 0 Å². The summed E-state index contributed by atoms with van der Waals surface area (Å²) >= 11 is 3.24. The van der Waals surface area contributed by atoms with Crippen LogP contribution in [0.4, 0.5) is 13.2 Å². The molecule has 0 amide bonds. The van der Waals surface area contributed by atoms with Crippen molar-refractivity contribution in [2.24, 2.45) is 0 Å². The Morgan fingerprint density at radius 2 is 1.96 bits per heavy atom. The van der Waals surface area contributed by atoms with Crippen molar-refractivity contribution in [1.29, 1.82) is 0 Å². The van der Waals surface area contributed by atoms with Gasteiger partial charge in [0, 0.05) is 10.9 Å². The molecule has 3 rings (SSSR count). The number of hydrogen-bond donors (Lipinski definition) is 1. The molecule has 7 heteroatoms. The van der Waals surface area contributed by atoms with Gasteiger partial charge in [-0.3, -0.25) is 0 Å². The Kier molecular flexibility index (Phi) is 5.63. The average Bonchev–Trinajstić information content (AvgIpc) is 3.46. The Morgan fingerprint density at radius 3 is 2.56 bits per heavy atom. The molecule has 1 unspecified atom stereocenters. The zero-order valence-corrected chi connectivity index (χ0v) is 16.1. The number of carbonyl (C=O) groups is 1. The number of aliphatic hydroxyl groups excluding tert-OH is 1. The second kappa shape index (κ2) is 7.64. The minimum atomic E-state index is -4.45. The van der Waals surface area contributed by atoms with E-state index in [1.165, 1.54) is 19.2 Å². The van der Waals surface area contributed by atoms with Crippen LogP contribution in [-0.4, -0.2) is 18.2 Å². The Labute approximate surface area is 163 Å². The van der Waals surface area contributed by atoms with Crippen molar-refractivity contribution < 1.29 is 27.8 Å². The molecule has 0 bridgehead atoms. The second-order valence-electron chi connectivity index (χ2n) is 6.68. The normalized spacial score (nSPS) is 15.5. The lowest BCUT2D eigenvalue weighted by Crippen LogP contribution is -2.09. The fourth-order valence-electron chi connectivity index (χ4n) is 2.99. The molecule has 1 saturated carbocycles. The van der Waals surface area contributed by atoms with Gasteiger partial charge in [-0.15, -0.1) is 0 Å². The number of methoxy groups -OCH3 is 1. The van der Waals surface area contributed by atoms with Crippen LogP contribution in [0.1, 0.15) is 57.5 Å². The van der Waals surface area contributed by atoms with E-state index in [-0.39, 0.29) is 6.42 Å². The van der Waals surface area contributed by atoms with Crippen molar-refractivity contribution in [3.63, 3.8) is 0 Å². The van der Waals surface area contributed by atoms with Gasteiger partial charge in [-0.2, -0.15) is 13.2 Å². The summed E-state index contributed by atoms with van der Waals surface area (Å²) in [5, 5.41) is 10.6. The lowest BCUT2D eigenvalue weighted by atomic mass is 9.95. The number of ether oxygens (including phenoxy) is 1. The Bertz CT molecular complexity index is 860. The minimum absolute atomic E-state index is 0.0146. The summed E-state index contributed by atoms with van der Waals surface area (Å²) in [5.74, 6) is -0.160. The van der Waals surface area contributed by atoms with Crippen LogP contribution in [0.3, 0.4) is 0 Å². The van der Waals surface area contributed by atoms with Gasteiger partial charge >= 0.3 is 12.1 Å². The molecule has 0 saturated heterocycles. The molecule has 1 fully saturated rings. The van der Waals surface area contributed by atoms with Crippen molar-refractivity contribution in [3.8, 4) is 0 Å². The van der Waals surface area contributed by atoms with E-state index in [0.717, 1.165) is 30.5 Å². The number of rotatable bonds is 5. The van der Waals surface area contributed by atoms with Crippen LogP contribution in [0, 0.1) is 0 Å². The smallest absolute Gasteiger partial charge is 0.416 e. The maximum absolute atomic E-state index is 13.0. The topological polar surface area (TPSA) is 46.5 Å². The molecule has 0 radical (unpaired) electrons. The van der Waals surface area contributed by atoms with Crippen LogP contribution in [0.2, 0.25) is 0 Å². The first kappa shape index (κ1) is 19.9. The molecule has 2 aromatic carbocycles. The number of alkyl halides is 3. The van der Waals surface area contributed by atoms with Gasteiger partial charge in [0.15, 0.2) is 0 Å². The van der Waals surface area contributed by atoms with E-state index in [9.17, 15) is 23.1 Å². The van der Waals surface area contributed by atoms with Gasteiger partial charge < -0.3 is 9.84 Å². The lowest BCUT2D eigenvalue weighted by molar-refractivity contribution is -0.137. The molecule has 0 aliphatic heterocycles. The molecule has 1 aliphatic rings. The van der Waals surface area contributed by atoms with Crippen molar-refractivity contribution >= 4 is 21.9 Å². The SMILES string of the molecule is COC(=O)c1cc(C(O)Cc2cc(C(F)(F)F)ccc2Br)cc(C2CC2)c1. The van der Waals surface area contributed by atoms with Crippen molar-refractivity contribution in [1.82, 2.24) is 0 Å². The highest BCUT2D eigenvalue weighted by atomic mass is 79.9. The molecule has 1 aliphatic carbocycles. The van der Waals surface area contributed by atoms with Gasteiger partial charge in [0.25, 0.3) is 0 Å². The Balaban J connectivity index is 1.91. The Hall–Kier alpha value is -1.86. The summed E-state index contributed by atoms with van der Waals surface area (Å²) < 4.78 is 44.1. The van der Waals surface area contributed by atoms with Crippen molar-refractivity contribution in [2.45, 2.75) is 37.5 Å². The van der Waals surface area contributed by atoms with Gasteiger partial charge in [-0.25, -0.2) is 4.79 Å². The summed E-state index contributed by atoms with van der Waals surface area (Å²) in [4.78, 5) is 11.9. The lowest BCUT2D eigenvalue weighted by Gasteiger charge is -2.16. The summed E-state index contributed by atoms with van der Waals surface area (Å²) in [6.07, 6.45) is -3.49. The van der Waals surface area contributed by atoms with Crippen LogP contribution < -0.4 is 0 Å². The number of halogens is 4. The van der Waals surface area contributed by atoms with E-state index in [1.54, 1.807) is 6.07 Å². The molecule has 0 heterocycles. The number of carbonyl (C=O) groups excluding carboxylic acids is 1. The van der Waals surface area contributed by atoms with Crippen molar-refractivity contribution in [2.75, 3.05) is 7.11 Å². The van der Waals surface area contributed by atoms with E-state index < -0.39 is 23.8 Å². The third kappa shape index (κ3) is 4.71. The molecule has 1 N–H and O–H groups in total. The molecule has 1 atom stereocenters. The summed E-state index contributed by atoms with van der Waals surface area (Å²) in [6.45, 7) is 0. The van der Waals surface area contributed by atoms with Crippen LogP contribution >= 0.6 is 15.9 Å². The van der Waals surface area contributed by atoms with E-state index in [0.29, 0.717) is 27.1 Å². The first-order valence-electron chi connectivity index (χ1n) is 8.46. The molecule has 0 aromatic heterocycles. The second-order valence-corrected chi connectivity index (χ2v) is 7.53. The maximum Gasteiger partial charge on any atom is 0.416 e. The number of hydrogen-bond acceptors (Lipinski definition) is 3. The maximum atomic E-state index is 13.0. The predicted molar refractivity (Wildman–Crippen MR) is 97.6 cm³/mol. The first-order chi connectivity index (χ1) is 12.7. The minimum Gasteiger partial charge on any atom is -0.465 e. The summed E-state index contributed by atoms with van der Waals surface area (Å²) in [7, 11) is 1.28. The summed E-state index contributed by atoms with van der Waals surface area (Å²) in [5.41, 5.74) is 1.34. The highest BCUT2D eigenvalue weighted by molar-refractivity contribution is 9.10. The fraction of sp³-hybridized carbons (Fsp3) is 0.350. The van der Waals surface area contributed by atoms with Gasteiger partial charge in [-0.05, 0) is 65.8 Å². The van der Waals surface area contributed by atoms with Gasteiger partial charge in [-0.1, -0.05) is 22.0 Å². The zero-order chi connectivity index (χ0) is 19.8. The third-order valence-corrected chi connectivity index (χ3v) is 5.39. The zero-order valence-electron chi connectivity index (χ0n) is 14.5. The van der Waals surface area contributed by atoms with Gasteiger partial charge in [0.05, 0.1) is 24.3 Å². The van der Waals surface area contributed by atoms with Gasteiger partial charge in [0.2, 0.25) is 0 Å². The molecular weight excluding hydrogens is 425 g/mol. The molecular formula is C20H18BrF3O3. The largest absolute Gasteiger partial charge is 0.465 e. The molecule has 2 aromatic rings. The monoisotopic (exact) mass is 442 g/mol. The highest BCUT2D eigenvalue weighted by Gasteiger charge is 2.31. The standard InChI is InChI=1S/C20H18BrF3O3/c1-27-19(26)15-7-12(11-2-3-11)6-14(8-15)18(25)10-13-9-16(20(22,23)24)4-5-17(13)21/h4-9,11,18,25H,2-3,10H2,1H3. The number of aliphatic hydroxyl groups is 1. The quantitative estimate of drug-likeness (QED) is 0.629. The van der Waals surface area contributed by atoms with Crippen molar-refractivity contribution in [3.05, 3.63) is 68.7 Å². The van der Waals surface area contributed by atoms with Crippen LogP contribution in [0.15, 0.2) is 40.9 Å². The number of esters is 1. The molecule has 0 spiro atoms. The van der Waals surface area contributed by atoms with Crippen LogP contribution in [0.5, 0.6) is 0 Å². The fourth-order valence-corrected chi connectivity index (χ4v) is 3.40. The summed E-state index contributed by atoms with van der Waals surface area (Å²) in [6, 6.07) is 8.44.